The van der Waals surface area contributed by atoms with Crippen LogP contribution in [0.25, 0.3) is 6.08 Å². The zero-order valence-corrected chi connectivity index (χ0v) is 23.0. The molecule has 7 heteroatoms. The highest BCUT2D eigenvalue weighted by Crippen LogP contribution is 2.45. The summed E-state index contributed by atoms with van der Waals surface area (Å²) in [5.74, 6) is -0.687. The van der Waals surface area contributed by atoms with Gasteiger partial charge in [0.05, 0.1) is 11.8 Å². The van der Waals surface area contributed by atoms with Gasteiger partial charge in [-0.1, -0.05) is 18.6 Å². The zero-order chi connectivity index (χ0) is 27.0. The molecule has 0 amide bonds. The summed E-state index contributed by atoms with van der Waals surface area (Å²) in [6, 6.07) is 5.18. The zero-order valence-electron chi connectivity index (χ0n) is 23.0. The third kappa shape index (κ3) is 5.36. The van der Waals surface area contributed by atoms with E-state index < -0.39 is 11.0 Å². The maximum atomic E-state index is 15.4. The second kappa shape index (κ2) is 10.4. The monoisotopic (exact) mass is 509 g/mol. The van der Waals surface area contributed by atoms with Crippen LogP contribution < -0.4 is 10.2 Å². The fourth-order valence-corrected chi connectivity index (χ4v) is 5.82. The summed E-state index contributed by atoms with van der Waals surface area (Å²) in [5.41, 5.74) is 2.74. The number of rotatable bonds is 6. The molecule has 1 heterocycles. The normalized spacial score (nSPS) is 25.4. The number of ketones is 1. The summed E-state index contributed by atoms with van der Waals surface area (Å²) < 4.78 is 21.3. The van der Waals surface area contributed by atoms with E-state index in [4.69, 9.17) is 4.74 Å². The van der Waals surface area contributed by atoms with Crippen LogP contribution in [0.1, 0.15) is 79.2 Å². The Morgan fingerprint density at radius 2 is 2.03 bits per heavy atom. The van der Waals surface area contributed by atoms with Gasteiger partial charge in [0, 0.05) is 36.0 Å². The third-order valence-electron chi connectivity index (χ3n) is 7.87. The minimum atomic E-state index is -1.06. The summed E-state index contributed by atoms with van der Waals surface area (Å²) >= 11 is 0. The van der Waals surface area contributed by atoms with Crippen molar-refractivity contribution in [2.24, 2.45) is 16.3 Å². The van der Waals surface area contributed by atoms with Gasteiger partial charge >= 0.3 is 5.97 Å². The smallest absolute Gasteiger partial charge is 0.311 e. The Hall–Kier alpha value is -2.96. The highest BCUT2D eigenvalue weighted by Gasteiger charge is 2.55. The Labute approximate surface area is 220 Å². The molecular formula is C30H40FN3O3. The van der Waals surface area contributed by atoms with E-state index in [0.29, 0.717) is 37.1 Å². The maximum absolute atomic E-state index is 15.4. The summed E-state index contributed by atoms with van der Waals surface area (Å²) in [6.45, 7) is 12.0. The number of esters is 1. The van der Waals surface area contributed by atoms with E-state index in [1.807, 2.05) is 46.8 Å². The van der Waals surface area contributed by atoms with Crippen LogP contribution in [0.15, 0.2) is 40.0 Å². The molecule has 6 nitrogen and oxygen atoms in total. The highest BCUT2D eigenvalue weighted by atomic mass is 19.1. The molecule has 0 saturated heterocycles. The number of allylic oxidation sites excluding steroid dienone is 2. The van der Waals surface area contributed by atoms with Crippen LogP contribution in [0, 0.1) is 17.2 Å². The van der Waals surface area contributed by atoms with Crippen molar-refractivity contribution in [3.05, 3.63) is 46.4 Å². The van der Waals surface area contributed by atoms with Crippen molar-refractivity contribution in [1.82, 2.24) is 5.32 Å². The Kier molecular flexibility index (Phi) is 7.63. The van der Waals surface area contributed by atoms with Gasteiger partial charge in [0.2, 0.25) is 0 Å². The largest absolute Gasteiger partial charge is 0.462 e. The molecule has 4 rings (SSSR count). The van der Waals surface area contributed by atoms with Gasteiger partial charge in [-0.05, 0) is 90.0 Å². The lowest BCUT2D eigenvalue weighted by Gasteiger charge is -2.50. The van der Waals surface area contributed by atoms with Crippen LogP contribution in [0.3, 0.4) is 0 Å². The average Bonchev–Trinajstić information content (AvgIpc) is 3.12. The lowest BCUT2D eigenvalue weighted by molar-refractivity contribution is -0.156. The maximum Gasteiger partial charge on any atom is 0.311 e. The molecule has 1 aromatic rings. The molecular weight excluding hydrogens is 469 g/mol. The molecule has 37 heavy (non-hydrogen) atoms. The van der Waals surface area contributed by atoms with Crippen molar-refractivity contribution in [1.29, 1.82) is 0 Å². The second-order valence-electron chi connectivity index (χ2n) is 12.0. The summed E-state index contributed by atoms with van der Waals surface area (Å²) in [5, 5.41) is 3.20. The molecule has 1 fully saturated rings. The molecule has 200 valence electrons. The van der Waals surface area contributed by atoms with Crippen LogP contribution in [-0.2, 0) is 14.3 Å². The molecule has 1 aromatic carbocycles. The molecule has 0 spiro atoms. The second-order valence-corrected chi connectivity index (χ2v) is 12.0. The minimum absolute atomic E-state index is 0.0424. The van der Waals surface area contributed by atoms with Crippen LogP contribution in [0.4, 0.5) is 10.1 Å². The number of benzene rings is 1. The molecule has 0 radical (unpaired) electrons. The molecule has 3 aliphatic rings. The van der Waals surface area contributed by atoms with E-state index in [0.717, 1.165) is 24.1 Å². The van der Waals surface area contributed by atoms with Crippen molar-refractivity contribution < 1.29 is 18.7 Å². The van der Waals surface area contributed by atoms with Gasteiger partial charge in [0.25, 0.3) is 0 Å². The first-order valence-corrected chi connectivity index (χ1v) is 13.3. The number of halogens is 1. The quantitative estimate of drug-likeness (QED) is 0.489. The van der Waals surface area contributed by atoms with Gasteiger partial charge in [-0.2, -0.15) is 0 Å². The summed E-state index contributed by atoms with van der Waals surface area (Å²) in [7, 11) is 0. The van der Waals surface area contributed by atoms with Gasteiger partial charge in [-0.3, -0.25) is 9.59 Å². The number of ether oxygens (including phenoxy) is 1. The Morgan fingerprint density at radius 1 is 1.27 bits per heavy atom. The molecule has 2 aliphatic carbocycles. The minimum Gasteiger partial charge on any atom is -0.462 e. The van der Waals surface area contributed by atoms with Crippen LogP contribution >= 0.6 is 0 Å². The topological polar surface area (TPSA) is 71.0 Å². The number of nitrogens with zero attached hydrogens (tertiary/aromatic N) is 2. The fraction of sp³-hybridized carbons (Fsp3) is 0.567. The lowest BCUT2D eigenvalue weighted by Crippen LogP contribution is -2.63. The lowest BCUT2D eigenvalue weighted by atomic mass is 9.80. The predicted octanol–water partition coefficient (Wildman–Crippen LogP) is 5.82. The Bertz CT molecular complexity index is 1160. The number of carbonyl (C=O) groups is 2. The number of Topliss-reactive ketones (excluding diaryl/α,β-unsaturated/α-hetero) is 1. The first kappa shape index (κ1) is 27.1. The molecule has 3 unspecified atom stereocenters. The number of carbonyl (C=O) groups excluding carboxylic acids is 2. The molecule has 0 bridgehead atoms. The Balaban J connectivity index is 1.82. The number of hydrogen-bond donors (Lipinski definition) is 1. The van der Waals surface area contributed by atoms with E-state index >= 15 is 4.39 Å². The molecule has 1 saturated carbocycles. The van der Waals surface area contributed by atoms with Crippen LogP contribution in [0.2, 0.25) is 0 Å². The third-order valence-corrected chi connectivity index (χ3v) is 7.87. The van der Waals surface area contributed by atoms with Gasteiger partial charge < -0.3 is 15.0 Å². The molecule has 1 aliphatic heterocycles. The fourth-order valence-electron chi connectivity index (χ4n) is 5.82. The van der Waals surface area contributed by atoms with Crippen molar-refractivity contribution in [2.75, 3.05) is 18.1 Å². The first-order valence-electron chi connectivity index (χ1n) is 13.3. The van der Waals surface area contributed by atoms with E-state index in [9.17, 15) is 9.59 Å². The van der Waals surface area contributed by atoms with Crippen LogP contribution in [0.5, 0.6) is 0 Å². The van der Waals surface area contributed by atoms with Crippen LogP contribution in [-0.4, -0.2) is 42.8 Å². The summed E-state index contributed by atoms with van der Waals surface area (Å²) in [4.78, 5) is 33.3. The number of hydrogen-bond acceptors (Lipinski definition) is 6. The van der Waals surface area contributed by atoms with E-state index in [2.05, 4.69) is 22.1 Å². The van der Waals surface area contributed by atoms with Crippen molar-refractivity contribution in [3.8, 4) is 0 Å². The molecule has 0 aromatic heterocycles. The molecule has 3 atom stereocenters. The van der Waals surface area contributed by atoms with Gasteiger partial charge in [-0.25, -0.2) is 9.38 Å². The van der Waals surface area contributed by atoms with Crippen molar-refractivity contribution in [2.45, 2.75) is 85.2 Å². The van der Waals surface area contributed by atoms with Crippen molar-refractivity contribution >= 4 is 29.9 Å². The summed E-state index contributed by atoms with van der Waals surface area (Å²) in [6.07, 6.45) is 6.95. The van der Waals surface area contributed by atoms with Gasteiger partial charge in [0.1, 0.15) is 18.0 Å². The van der Waals surface area contributed by atoms with Crippen molar-refractivity contribution in [3.63, 3.8) is 0 Å². The number of nitrogens with one attached hydrogen (secondary N) is 1. The van der Waals surface area contributed by atoms with Gasteiger partial charge in [-0.15, -0.1) is 0 Å². The standard InChI is InChI=1S/C30H40FN3O3/c1-19(2)13-21-8-9-24(15-25(21)31)34(23-10-11-26-22(14-23)16-32-18-33-26)30(20(3)7-12-27(30)35)17-37-28(36)29(4,5)6/h8-9,13,15,18,20,23H,7,10-12,14,16-17H2,1-6H3,(H,32,33). The average molecular weight is 510 g/mol. The highest BCUT2D eigenvalue weighted by molar-refractivity contribution is 5.95. The van der Waals surface area contributed by atoms with E-state index in [1.165, 1.54) is 5.57 Å². The molecule has 1 N–H and O–H groups in total. The Morgan fingerprint density at radius 3 is 2.65 bits per heavy atom. The predicted molar refractivity (Wildman–Crippen MR) is 146 cm³/mol. The van der Waals surface area contributed by atoms with E-state index in [-0.39, 0.29) is 36.1 Å². The SMILES string of the molecule is CC(C)=Cc1ccc(N(C2CCC3=C(CNC=N3)C2)C2(COC(=O)C(C)(C)C)C(=O)CCC2C)cc1F. The number of aliphatic imine (C=N–C) groups is 1. The van der Waals surface area contributed by atoms with Gasteiger partial charge in [0.15, 0.2) is 5.78 Å². The number of anilines is 1. The first-order chi connectivity index (χ1) is 17.4. The van der Waals surface area contributed by atoms with E-state index in [1.54, 1.807) is 18.5 Å².